The summed E-state index contributed by atoms with van der Waals surface area (Å²) in [6, 6.07) is 3.37. The van der Waals surface area contributed by atoms with Crippen LogP contribution >= 0.6 is 0 Å². The minimum Gasteiger partial charge on any atom is -0.356 e. The standard InChI is InChI=1S/C13H16F2N2O2/c1-2-7-16-11(18)6-8-17-13(19)9-4-3-5-10(14)12(9)15/h3-5H,2,6-8H2,1H3,(H,16,18)(H,17,19). The second kappa shape index (κ2) is 7.45. The number of benzene rings is 1. The molecule has 2 amide bonds. The molecular weight excluding hydrogens is 254 g/mol. The molecule has 0 atom stereocenters. The van der Waals surface area contributed by atoms with Crippen molar-refractivity contribution in [2.24, 2.45) is 0 Å². The Balaban J connectivity index is 2.43. The van der Waals surface area contributed by atoms with Gasteiger partial charge in [-0.25, -0.2) is 8.78 Å². The van der Waals surface area contributed by atoms with Crippen LogP contribution in [-0.2, 0) is 4.79 Å². The summed E-state index contributed by atoms with van der Waals surface area (Å²) in [5.74, 6) is -3.19. The van der Waals surface area contributed by atoms with Crippen LogP contribution < -0.4 is 10.6 Å². The summed E-state index contributed by atoms with van der Waals surface area (Å²) in [7, 11) is 0. The second-order valence-electron chi connectivity index (χ2n) is 3.96. The van der Waals surface area contributed by atoms with Crippen LogP contribution in [0.1, 0.15) is 30.1 Å². The number of hydrogen-bond acceptors (Lipinski definition) is 2. The van der Waals surface area contributed by atoms with Crippen molar-refractivity contribution in [2.75, 3.05) is 13.1 Å². The van der Waals surface area contributed by atoms with Crippen LogP contribution in [0.25, 0.3) is 0 Å². The number of nitrogens with one attached hydrogen (secondary N) is 2. The Morgan fingerprint density at radius 1 is 1.16 bits per heavy atom. The molecule has 1 aromatic carbocycles. The molecule has 104 valence electrons. The zero-order valence-electron chi connectivity index (χ0n) is 10.6. The molecule has 0 aliphatic rings. The van der Waals surface area contributed by atoms with Gasteiger partial charge in [0, 0.05) is 19.5 Å². The van der Waals surface area contributed by atoms with Gasteiger partial charge in [0.25, 0.3) is 5.91 Å². The highest BCUT2D eigenvalue weighted by Crippen LogP contribution is 2.10. The molecule has 0 unspecified atom stereocenters. The molecule has 1 rings (SSSR count). The maximum Gasteiger partial charge on any atom is 0.254 e. The van der Waals surface area contributed by atoms with Gasteiger partial charge in [-0.1, -0.05) is 13.0 Å². The molecule has 4 nitrogen and oxygen atoms in total. The van der Waals surface area contributed by atoms with E-state index in [1.54, 1.807) is 0 Å². The van der Waals surface area contributed by atoms with Gasteiger partial charge in [0.05, 0.1) is 5.56 Å². The first-order chi connectivity index (χ1) is 9.06. The molecule has 1 aromatic rings. The quantitative estimate of drug-likeness (QED) is 0.825. The van der Waals surface area contributed by atoms with E-state index >= 15 is 0 Å². The lowest BCUT2D eigenvalue weighted by Crippen LogP contribution is -2.31. The Morgan fingerprint density at radius 2 is 1.89 bits per heavy atom. The number of rotatable bonds is 6. The molecule has 2 N–H and O–H groups in total. The summed E-state index contributed by atoms with van der Waals surface area (Å²) in [6.45, 7) is 2.57. The molecule has 19 heavy (non-hydrogen) atoms. The van der Waals surface area contributed by atoms with Crippen LogP contribution in [0.2, 0.25) is 0 Å². The maximum absolute atomic E-state index is 13.3. The van der Waals surface area contributed by atoms with Crippen LogP contribution in [0.5, 0.6) is 0 Å². The van der Waals surface area contributed by atoms with E-state index in [2.05, 4.69) is 10.6 Å². The first-order valence-corrected chi connectivity index (χ1v) is 6.05. The van der Waals surface area contributed by atoms with Crippen LogP contribution in [0.4, 0.5) is 8.78 Å². The summed E-state index contributed by atoms with van der Waals surface area (Å²) in [5, 5.41) is 5.01. The van der Waals surface area contributed by atoms with E-state index in [1.807, 2.05) is 6.92 Å². The van der Waals surface area contributed by atoms with Crippen molar-refractivity contribution in [1.82, 2.24) is 10.6 Å². The molecule has 0 radical (unpaired) electrons. The number of halogens is 2. The number of carbonyl (C=O) groups excluding carboxylic acids is 2. The minimum atomic E-state index is -1.18. The predicted molar refractivity (Wildman–Crippen MR) is 66.6 cm³/mol. The van der Waals surface area contributed by atoms with Gasteiger partial charge in [0.2, 0.25) is 5.91 Å². The molecule has 0 bridgehead atoms. The fourth-order valence-electron chi connectivity index (χ4n) is 1.42. The minimum absolute atomic E-state index is 0.0737. The zero-order chi connectivity index (χ0) is 14.3. The Labute approximate surface area is 110 Å². The van der Waals surface area contributed by atoms with Crippen LogP contribution in [-0.4, -0.2) is 24.9 Å². The summed E-state index contributed by atoms with van der Waals surface area (Å²) in [5.41, 5.74) is -0.367. The smallest absolute Gasteiger partial charge is 0.254 e. The fourth-order valence-corrected chi connectivity index (χ4v) is 1.42. The first-order valence-electron chi connectivity index (χ1n) is 6.05. The summed E-state index contributed by atoms with van der Waals surface area (Å²) >= 11 is 0. The van der Waals surface area contributed by atoms with Crippen molar-refractivity contribution in [3.05, 3.63) is 35.4 Å². The maximum atomic E-state index is 13.3. The molecule has 0 saturated heterocycles. The van der Waals surface area contributed by atoms with E-state index in [1.165, 1.54) is 12.1 Å². The topological polar surface area (TPSA) is 58.2 Å². The molecule has 0 spiro atoms. The Morgan fingerprint density at radius 3 is 2.58 bits per heavy atom. The molecule has 0 aliphatic heterocycles. The Kier molecular flexibility index (Phi) is 5.92. The average molecular weight is 270 g/mol. The predicted octanol–water partition coefficient (Wildman–Crippen LogP) is 1.61. The monoisotopic (exact) mass is 270 g/mol. The van der Waals surface area contributed by atoms with Gasteiger partial charge in [-0.2, -0.15) is 0 Å². The summed E-state index contributed by atoms with van der Waals surface area (Å²) < 4.78 is 26.2. The van der Waals surface area contributed by atoms with Crippen molar-refractivity contribution in [3.63, 3.8) is 0 Å². The van der Waals surface area contributed by atoms with Crippen molar-refractivity contribution in [1.29, 1.82) is 0 Å². The average Bonchev–Trinajstić information content (AvgIpc) is 2.39. The van der Waals surface area contributed by atoms with E-state index in [9.17, 15) is 18.4 Å². The second-order valence-corrected chi connectivity index (χ2v) is 3.96. The number of amides is 2. The molecule has 0 aromatic heterocycles. The highest BCUT2D eigenvalue weighted by molar-refractivity contribution is 5.94. The highest BCUT2D eigenvalue weighted by Gasteiger charge is 2.14. The fraction of sp³-hybridized carbons (Fsp3) is 0.385. The molecule has 6 heteroatoms. The van der Waals surface area contributed by atoms with E-state index in [4.69, 9.17) is 0 Å². The van der Waals surface area contributed by atoms with Crippen molar-refractivity contribution in [3.8, 4) is 0 Å². The lowest BCUT2D eigenvalue weighted by Gasteiger charge is -2.07. The Hall–Kier alpha value is -1.98. The summed E-state index contributed by atoms with van der Waals surface area (Å²) in [4.78, 5) is 22.8. The van der Waals surface area contributed by atoms with E-state index in [0.717, 1.165) is 12.5 Å². The lowest BCUT2D eigenvalue weighted by atomic mass is 10.2. The van der Waals surface area contributed by atoms with Gasteiger partial charge in [-0.05, 0) is 18.6 Å². The van der Waals surface area contributed by atoms with Crippen LogP contribution in [0.15, 0.2) is 18.2 Å². The van der Waals surface area contributed by atoms with Crippen LogP contribution in [0, 0.1) is 11.6 Å². The third kappa shape index (κ3) is 4.65. The van der Waals surface area contributed by atoms with Gasteiger partial charge in [-0.15, -0.1) is 0 Å². The SMILES string of the molecule is CCCNC(=O)CCNC(=O)c1cccc(F)c1F. The number of carbonyl (C=O) groups is 2. The van der Waals surface area contributed by atoms with E-state index in [0.29, 0.717) is 6.54 Å². The molecule has 0 saturated carbocycles. The largest absolute Gasteiger partial charge is 0.356 e. The first kappa shape index (κ1) is 15.1. The third-order valence-corrected chi connectivity index (χ3v) is 2.41. The van der Waals surface area contributed by atoms with E-state index < -0.39 is 17.5 Å². The van der Waals surface area contributed by atoms with Gasteiger partial charge in [0.15, 0.2) is 11.6 Å². The zero-order valence-corrected chi connectivity index (χ0v) is 10.6. The highest BCUT2D eigenvalue weighted by atomic mass is 19.2. The van der Waals surface area contributed by atoms with Gasteiger partial charge in [-0.3, -0.25) is 9.59 Å². The lowest BCUT2D eigenvalue weighted by molar-refractivity contribution is -0.120. The van der Waals surface area contributed by atoms with Gasteiger partial charge in [0.1, 0.15) is 0 Å². The summed E-state index contributed by atoms with van der Waals surface area (Å²) in [6.07, 6.45) is 0.926. The molecule has 0 heterocycles. The van der Waals surface area contributed by atoms with E-state index in [-0.39, 0.29) is 24.4 Å². The van der Waals surface area contributed by atoms with Gasteiger partial charge >= 0.3 is 0 Å². The van der Waals surface area contributed by atoms with Crippen molar-refractivity contribution in [2.45, 2.75) is 19.8 Å². The van der Waals surface area contributed by atoms with Crippen LogP contribution in [0.3, 0.4) is 0 Å². The molecular formula is C13H16F2N2O2. The molecule has 0 aliphatic carbocycles. The molecule has 0 fully saturated rings. The Bertz CT molecular complexity index is 464. The van der Waals surface area contributed by atoms with Crippen molar-refractivity contribution >= 4 is 11.8 Å². The third-order valence-electron chi connectivity index (χ3n) is 2.41. The van der Waals surface area contributed by atoms with Crippen molar-refractivity contribution < 1.29 is 18.4 Å². The normalized spacial score (nSPS) is 10.1. The number of hydrogen-bond donors (Lipinski definition) is 2. The van der Waals surface area contributed by atoms with Gasteiger partial charge < -0.3 is 10.6 Å².